The third-order valence-corrected chi connectivity index (χ3v) is 6.88. The molecule has 1 aliphatic heterocycles. The first-order valence-corrected chi connectivity index (χ1v) is 11.9. The smallest absolute Gasteiger partial charge is 0.260 e. The van der Waals surface area contributed by atoms with E-state index >= 15 is 0 Å². The van der Waals surface area contributed by atoms with Crippen molar-refractivity contribution in [2.24, 2.45) is 17.6 Å². The normalized spacial score (nSPS) is 20.5. The summed E-state index contributed by atoms with van der Waals surface area (Å²) >= 11 is 1.23. The molecule has 180 valence electrons. The molecular formula is C23H29N7O3S. The summed E-state index contributed by atoms with van der Waals surface area (Å²) in [4.78, 5) is 35.9. The first-order valence-electron chi connectivity index (χ1n) is 11.1. The first-order chi connectivity index (χ1) is 16.2. The third-order valence-electron chi connectivity index (χ3n) is 5.92. The molecule has 1 saturated heterocycles. The number of aromatic nitrogens is 2. The second-order valence-corrected chi connectivity index (χ2v) is 10.0. The molecular weight excluding hydrogens is 454 g/mol. The molecule has 3 aromatic heterocycles. The topological polar surface area (TPSA) is 159 Å². The van der Waals surface area contributed by atoms with Crippen molar-refractivity contribution in [3.05, 3.63) is 36.3 Å². The average molecular weight is 484 g/mol. The number of nitrogen functional groups attached to an aromatic ring is 1. The van der Waals surface area contributed by atoms with Gasteiger partial charge in [-0.05, 0) is 12.1 Å². The molecule has 1 fully saturated rings. The summed E-state index contributed by atoms with van der Waals surface area (Å²) in [5.41, 5.74) is 14.9. The van der Waals surface area contributed by atoms with Crippen molar-refractivity contribution in [3.63, 3.8) is 0 Å². The number of aliphatic hydroxyl groups is 1. The molecule has 3 aromatic rings. The SMILES string of the molecule is CC(C)C(=O)Nc1cnc2c(C(=O)Nc3cnccc3N3C[C@@H](N)[C@H](O)[C@@H](C)C3)c(N)sc2c1. The van der Waals surface area contributed by atoms with Crippen LogP contribution in [0, 0.1) is 11.8 Å². The molecule has 34 heavy (non-hydrogen) atoms. The van der Waals surface area contributed by atoms with Crippen LogP contribution in [-0.4, -0.2) is 52.1 Å². The molecule has 4 rings (SSSR count). The van der Waals surface area contributed by atoms with Crippen LogP contribution in [-0.2, 0) is 4.79 Å². The van der Waals surface area contributed by atoms with Crippen LogP contribution in [0.1, 0.15) is 31.1 Å². The molecule has 1 aliphatic rings. The fraction of sp³-hybridized carbons (Fsp3) is 0.391. The van der Waals surface area contributed by atoms with E-state index in [1.807, 2.05) is 17.9 Å². The number of nitrogens with two attached hydrogens (primary N) is 2. The number of fused-ring (bicyclic) bond motifs is 1. The summed E-state index contributed by atoms with van der Waals surface area (Å²) in [6, 6.07) is 3.17. The Labute approximate surface area is 201 Å². The number of aliphatic hydroxyl groups excluding tert-OH is 1. The van der Waals surface area contributed by atoms with Crippen molar-refractivity contribution in [2.75, 3.05) is 34.4 Å². The number of amides is 2. The van der Waals surface area contributed by atoms with Gasteiger partial charge in [-0.2, -0.15) is 0 Å². The Kier molecular flexibility index (Phi) is 6.69. The number of anilines is 4. The Morgan fingerprint density at radius 3 is 2.74 bits per heavy atom. The molecule has 11 heteroatoms. The molecule has 7 N–H and O–H groups in total. The maximum Gasteiger partial charge on any atom is 0.260 e. The number of nitrogens with one attached hydrogen (secondary N) is 2. The van der Waals surface area contributed by atoms with Crippen LogP contribution in [0.5, 0.6) is 0 Å². The second kappa shape index (κ2) is 9.53. The minimum atomic E-state index is -0.575. The Bertz CT molecular complexity index is 1220. The molecule has 0 saturated carbocycles. The number of nitrogens with zero attached hydrogens (tertiary/aromatic N) is 3. The zero-order chi connectivity index (χ0) is 24.6. The van der Waals surface area contributed by atoms with Crippen LogP contribution >= 0.6 is 11.3 Å². The number of hydrogen-bond acceptors (Lipinski definition) is 9. The third kappa shape index (κ3) is 4.67. The summed E-state index contributed by atoms with van der Waals surface area (Å²) < 4.78 is 0.695. The molecule has 0 spiro atoms. The fourth-order valence-corrected chi connectivity index (χ4v) is 4.99. The number of carbonyl (C=O) groups is 2. The lowest BCUT2D eigenvalue weighted by Gasteiger charge is -2.40. The van der Waals surface area contributed by atoms with Crippen molar-refractivity contribution in [1.29, 1.82) is 0 Å². The van der Waals surface area contributed by atoms with Gasteiger partial charge in [0.05, 0.1) is 45.8 Å². The van der Waals surface area contributed by atoms with Crippen molar-refractivity contribution < 1.29 is 14.7 Å². The van der Waals surface area contributed by atoms with Crippen LogP contribution in [0.3, 0.4) is 0 Å². The Hall–Kier alpha value is -3.28. The largest absolute Gasteiger partial charge is 0.391 e. The van der Waals surface area contributed by atoms with Crippen molar-refractivity contribution in [1.82, 2.24) is 9.97 Å². The van der Waals surface area contributed by atoms with Crippen LogP contribution in [0.4, 0.5) is 22.1 Å². The van der Waals surface area contributed by atoms with E-state index in [1.165, 1.54) is 17.5 Å². The zero-order valence-electron chi connectivity index (χ0n) is 19.3. The van der Waals surface area contributed by atoms with Crippen molar-refractivity contribution in [3.8, 4) is 0 Å². The minimum absolute atomic E-state index is 0.0217. The van der Waals surface area contributed by atoms with Gasteiger partial charge in [-0.15, -0.1) is 11.3 Å². The highest BCUT2D eigenvalue weighted by Crippen LogP contribution is 2.35. The monoisotopic (exact) mass is 483 g/mol. The van der Waals surface area contributed by atoms with Gasteiger partial charge in [0.1, 0.15) is 10.6 Å². The molecule has 0 unspecified atom stereocenters. The van der Waals surface area contributed by atoms with Crippen molar-refractivity contribution in [2.45, 2.75) is 32.9 Å². The number of piperidine rings is 1. The lowest BCUT2D eigenvalue weighted by molar-refractivity contribution is -0.118. The van der Waals surface area contributed by atoms with Crippen LogP contribution in [0.25, 0.3) is 10.2 Å². The highest BCUT2D eigenvalue weighted by atomic mass is 32.1. The van der Waals surface area contributed by atoms with E-state index in [0.29, 0.717) is 39.7 Å². The number of carbonyl (C=O) groups excluding carboxylic acids is 2. The van der Waals surface area contributed by atoms with Gasteiger partial charge in [0.25, 0.3) is 5.91 Å². The molecule has 0 aromatic carbocycles. The lowest BCUT2D eigenvalue weighted by atomic mass is 9.92. The summed E-state index contributed by atoms with van der Waals surface area (Å²) in [7, 11) is 0. The van der Waals surface area contributed by atoms with Gasteiger partial charge >= 0.3 is 0 Å². The summed E-state index contributed by atoms with van der Waals surface area (Å²) in [6.45, 7) is 6.60. The Balaban J connectivity index is 1.60. The molecule has 4 heterocycles. The molecule has 0 bridgehead atoms. The van der Waals surface area contributed by atoms with Gasteiger partial charge in [-0.1, -0.05) is 20.8 Å². The Morgan fingerprint density at radius 2 is 2.03 bits per heavy atom. The van der Waals surface area contributed by atoms with Crippen LogP contribution in [0.2, 0.25) is 0 Å². The maximum absolute atomic E-state index is 13.3. The van der Waals surface area contributed by atoms with E-state index in [-0.39, 0.29) is 23.3 Å². The number of hydrogen-bond donors (Lipinski definition) is 5. The van der Waals surface area contributed by atoms with E-state index < -0.39 is 18.1 Å². The number of rotatable bonds is 5. The quantitative estimate of drug-likeness (QED) is 0.369. The second-order valence-electron chi connectivity index (χ2n) is 8.94. The Morgan fingerprint density at radius 1 is 1.26 bits per heavy atom. The zero-order valence-corrected chi connectivity index (χ0v) is 20.1. The van der Waals surface area contributed by atoms with Crippen molar-refractivity contribution >= 4 is 55.4 Å². The van der Waals surface area contributed by atoms with Gasteiger partial charge in [-0.3, -0.25) is 19.6 Å². The first kappa shape index (κ1) is 23.9. The van der Waals surface area contributed by atoms with E-state index in [9.17, 15) is 14.7 Å². The fourth-order valence-electron chi connectivity index (χ4n) is 4.03. The summed E-state index contributed by atoms with van der Waals surface area (Å²) in [5.74, 6) is -0.711. The minimum Gasteiger partial charge on any atom is -0.391 e. The van der Waals surface area contributed by atoms with Gasteiger partial charge < -0.3 is 32.1 Å². The standard InChI is InChI=1S/C23H29N7O3S/c1-11(2)22(32)28-13-6-17-19(27-7-13)18(21(25)34-17)23(33)29-15-8-26-5-4-16(15)30-9-12(3)20(31)14(24)10-30/h4-8,11-12,14,20,31H,9-10,24-25H2,1-3H3,(H,28,32)(H,29,33)/t12-,14+,20+/m0/s1. The summed E-state index contributed by atoms with van der Waals surface area (Å²) in [5, 5.41) is 16.3. The lowest BCUT2D eigenvalue weighted by Crippen LogP contribution is -2.55. The molecule has 10 nitrogen and oxygen atoms in total. The van der Waals surface area contributed by atoms with Crippen LogP contribution in [0.15, 0.2) is 30.7 Å². The maximum atomic E-state index is 13.3. The van der Waals surface area contributed by atoms with E-state index in [2.05, 4.69) is 20.6 Å². The average Bonchev–Trinajstić information content (AvgIpc) is 3.12. The highest BCUT2D eigenvalue weighted by molar-refractivity contribution is 7.23. The predicted molar refractivity (Wildman–Crippen MR) is 135 cm³/mol. The highest BCUT2D eigenvalue weighted by Gasteiger charge is 2.32. The van der Waals surface area contributed by atoms with E-state index in [4.69, 9.17) is 11.5 Å². The summed E-state index contributed by atoms with van der Waals surface area (Å²) in [6.07, 6.45) is 4.17. The molecule has 0 aliphatic carbocycles. The van der Waals surface area contributed by atoms with Gasteiger partial charge in [0.15, 0.2) is 0 Å². The molecule has 0 radical (unpaired) electrons. The van der Waals surface area contributed by atoms with Gasteiger partial charge in [0.2, 0.25) is 5.91 Å². The van der Waals surface area contributed by atoms with E-state index in [1.54, 1.807) is 32.3 Å². The number of thiophene rings is 1. The van der Waals surface area contributed by atoms with Gasteiger partial charge in [0, 0.05) is 37.2 Å². The number of pyridine rings is 2. The molecule has 3 atom stereocenters. The van der Waals surface area contributed by atoms with Gasteiger partial charge in [-0.25, -0.2) is 0 Å². The van der Waals surface area contributed by atoms with Crippen LogP contribution < -0.4 is 27.0 Å². The molecule has 2 amide bonds. The predicted octanol–water partition coefficient (Wildman–Crippen LogP) is 2.26. The van der Waals surface area contributed by atoms with E-state index in [0.717, 1.165) is 5.69 Å².